The lowest BCUT2D eigenvalue weighted by Crippen LogP contribution is -2.31. The molecule has 0 aliphatic carbocycles. The summed E-state index contributed by atoms with van der Waals surface area (Å²) in [6.45, 7) is 4.21. The van der Waals surface area contributed by atoms with Crippen LogP contribution in [-0.2, 0) is 4.79 Å². The van der Waals surface area contributed by atoms with Gasteiger partial charge in [0.15, 0.2) is 0 Å². The van der Waals surface area contributed by atoms with Gasteiger partial charge in [-0.05, 0) is 25.5 Å². The van der Waals surface area contributed by atoms with Crippen LogP contribution >= 0.6 is 0 Å². The highest BCUT2D eigenvalue weighted by atomic mass is 16.5. The van der Waals surface area contributed by atoms with E-state index in [4.69, 9.17) is 9.84 Å². The van der Waals surface area contributed by atoms with Gasteiger partial charge < -0.3 is 15.2 Å². The number of rotatable bonds is 6. The molecule has 0 aliphatic rings. The number of aliphatic hydroxyl groups is 1. The van der Waals surface area contributed by atoms with Gasteiger partial charge in [0, 0.05) is 6.54 Å². The number of amides is 1. The molecule has 0 aromatic heterocycles. The minimum absolute atomic E-state index is 0.112. The summed E-state index contributed by atoms with van der Waals surface area (Å²) < 4.78 is 5.49. The van der Waals surface area contributed by atoms with Crippen LogP contribution in [0.5, 0.6) is 5.75 Å². The van der Waals surface area contributed by atoms with Gasteiger partial charge in [-0.3, -0.25) is 4.79 Å². The second kappa shape index (κ2) is 6.91. The van der Waals surface area contributed by atoms with E-state index in [1.54, 1.807) is 6.92 Å². The minimum Gasteiger partial charge on any atom is -0.493 e. The van der Waals surface area contributed by atoms with E-state index >= 15 is 0 Å². The maximum Gasteiger partial charge on any atom is 0.223 e. The van der Waals surface area contributed by atoms with Crippen molar-refractivity contribution in [2.75, 3.05) is 13.2 Å². The Morgan fingerprint density at radius 2 is 2.18 bits per heavy atom. The highest BCUT2D eigenvalue weighted by molar-refractivity contribution is 5.76. The molecule has 1 aromatic carbocycles. The minimum atomic E-state index is -0.517. The second-order valence-electron chi connectivity index (χ2n) is 4.02. The van der Waals surface area contributed by atoms with Gasteiger partial charge in [0.2, 0.25) is 5.91 Å². The zero-order valence-electron chi connectivity index (χ0n) is 10.3. The van der Waals surface area contributed by atoms with Gasteiger partial charge in [-0.15, -0.1) is 0 Å². The Morgan fingerprint density at radius 1 is 1.47 bits per heavy atom. The van der Waals surface area contributed by atoms with Crippen molar-refractivity contribution in [1.82, 2.24) is 5.32 Å². The van der Waals surface area contributed by atoms with Crippen LogP contribution in [0.2, 0.25) is 0 Å². The zero-order chi connectivity index (χ0) is 12.7. The van der Waals surface area contributed by atoms with E-state index in [-0.39, 0.29) is 12.5 Å². The van der Waals surface area contributed by atoms with Crippen molar-refractivity contribution in [2.24, 2.45) is 0 Å². The summed E-state index contributed by atoms with van der Waals surface area (Å²) in [5.74, 6) is 0.690. The molecule has 1 atom stereocenters. The summed E-state index contributed by atoms with van der Waals surface area (Å²) in [5.41, 5.74) is 1.05. The molecule has 0 spiro atoms. The molecular weight excluding hydrogens is 218 g/mol. The van der Waals surface area contributed by atoms with Gasteiger partial charge in [0.05, 0.1) is 19.1 Å². The number of benzene rings is 1. The third-order valence-electron chi connectivity index (χ3n) is 2.27. The number of para-hydroxylation sites is 1. The van der Waals surface area contributed by atoms with Crippen LogP contribution < -0.4 is 10.1 Å². The first-order valence-electron chi connectivity index (χ1n) is 5.73. The maximum absolute atomic E-state index is 11.3. The van der Waals surface area contributed by atoms with E-state index in [2.05, 4.69) is 5.32 Å². The average Bonchev–Trinajstić information content (AvgIpc) is 2.29. The van der Waals surface area contributed by atoms with Crippen LogP contribution in [0, 0.1) is 6.92 Å². The van der Waals surface area contributed by atoms with Gasteiger partial charge >= 0.3 is 0 Å². The number of nitrogens with one attached hydrogen (secondary N) is 1. The lowest BCUT2D eigenvalue weighted by atomic mass is 10.2. The largest absolute Gasteiger partial charge is 0.493 e. The molecule has 0 saturated heterocycles. The Labute approximate surface area is 102 Å². The van der Waals surface area contributed by atoms with E-state index in [0.717, 1.165) is 11.3 Å². The fourth-order valence-corrected chi connectivity index (χ4v) is 1.32. The summed E-state index contributed by atoms with van der Waals surface area (Å²) in [6, 6.07) is 7.68. The first-order chi connectivity index (χ1) is 8.09. The number of hydrogen-bond donors (Lipinski definition) is 2. The number of aryl methyl sites for hydroxylation is 1. The highest BCUT2D eigenvalue weighted by Gasteiger charge is 2.04. The summed E-state index contributed by atoms with van der Waals surface area (Å²) in [5, 5.41) is 11.6. The molecule has 4 heteroatoms. The number of hydrogen-bond acceptors (Lipinski definition) is 3. The number of carbonyl (C=O) groups is 1. The van der Waals surface area contributed by atoms with Crippen LogP contribution in [0.25, 0.3) is 0 Å². The van der Waals surface area contributed by atoms with Crippen molar-refractivity contribution >= 4 is 5.91 Å². The Morgan fingerprint density at radius 3 is 2.82 bits per heavy atom. The number of aliphatic hydroxyl groups excluding tert-OH is 1. The molecule has 1 amide bonds. The van der Waals surface area contributed by atoms with Gasteiger partial charge in [-0.2, -0.15) is 0 Å². The van der Waals surface area contributed by atoms with Crippen molar-refractivity contribution in [3.05, 3.63) is 29.8 Å². The average molecular weight is 237 g/mol. The molecule has 0 saturated carbocycles. The van der Waals surface area contributed by atoms with Crippen LogP contribution in [0.15, 0.2) is 24.3 Å². The van der Waals surface area contributed by atoms with E-state index < -0.39 is 6.10 Å². The lowest BCUT2D eigenvalue weighted by Gasteiger charge is -2.09. The van der Waals surface area contributed by atoms with Gasteiger partial charge in [-0.1, -0.05) is 18.2 Å². The summed E-state index contributed by atoms with van der Waals surface area (Å²) >= 11 is 0. The van der Waals surface area contributed by atoms with Gasteiger partial charge in [0.25, 0.3) is 0 Å². The van der Waals surface area contributed by atoms with E-state index in [1.807, 2.05) is 31.2 Å². The van der Waals surface area contributed by atoms with Gasteiger partial charge in [-0.25, -0.2) is 0 Å². The van der Waals surface area contributed by atoms with E-state index in [9.17, 15) is 4.79 Å². The third-order valence-corrected chi connectivity index (χ3v) is 2.27. The molecule has 1 aromatic rings. The Hall–Kier alpha value is -1.55. The molecule has 1 rings (SSSR count). The summed E-state index contributed by atoms with van der Waals surface area (Å²) in [6.07, 6.45) is -0.225. The molecule has 0 bridgehead atoms. The third kappa shape index (κ3) is 5.36. The number of carbonyl (C=O) groups excluding carboxylic acids is 1. The smallest absolute Gasteiger partial charge is 0.223 e. The molecule has 94 valence electrons. The SMILES string of the molecule is Cc1ccccc1OCCC(=O)NC[C@H](C)O. The predicted molar refractivity (Wildman–Crippen MR) is 66.0 cm³/mol. The van der Waals surface area contributed by atoms with Crippen LogP contribution in [0.4, 0.5) is 0 Å². The second-order valence-corrected chi connectivity index (χ2v) is 4.02. The Balaban J connectivity index is 2.24. The topological polar surface area (TPSA) is 58.6 Å². The highest BCUT2D eigenvalue weighted by Crippen LogP contribution is 2.15. The Kier molecular flexibility index (Phi) is 5.49. The molecule has 17 heavy (non-hydrogen) atoms. The molecular formula is C13H19NO3. The molecule has 4 nitrogen and oxygen atoms in total. The van der Waals surface area contributed by atoms with E-state index in [1.165, 1.54) is 0 Å². The molecule has 2 N–H and O–H groups in total. The van der Waals surface area contributed by atoms with Crippen molar-refractivity contribution in [3.8, 4) is 5.75 Å². The van der Waals surface area contributed by atoms with Gasteiger partial charge in [0.1, 0.15) is 5.75 Å². The molecule has 0 radical (unpaired) electrons. The molecule has 0 aliphatic heterocycles. The fourth-order valence-electron chi connectivity index (χ4n) is 1.32. The quantitative estimate of drug-likeness (QED) is 0.783. The van der Waals surface area contributed by atoms with Crippen molar-refractivity contribution in [3.63, 3.8) is 0 Å². The van der Waals surface area contributed by atoms with E-state index in [0.29, 0.717) is 13.0 Å². The Bertz CT molecular complexity index is 363. The van der Waals surface area contributed by atoms with Crippen molar-refractivity contribution < 1.29 is 14.6 Å². The first kappa shape index (κ1) is 13.5. The van der Waals surface area contributed by atoms with Crippen LogP contribution in [0.1, 0.15) is 18.9 Å². The van der Waals surface area contributed by atoms with Crippen LogP contribution in [-0.4, -0.2) is 30.3 Å². The van der Waals surface area contributed by atoms with Crippen LogP contribution in [0.3, 0.4) is 0 Å². The standard InChI is InChI=1S/C13H19NO3/c1-10-5-3-4-6-12(10)17-8-7-13(16)14-9-11(2)15/h3-6,11,15H,7-9H2,1-2H3,(H,14,16)/t11-/m0/s1. The molecule has 0 heterocycles. The number of ether oxygens (including phenoxy) is 1. The predicted octanol–water partition coefficient (Wildman–Crippen LogP) is 1.26. The van der Waals surface area contributed by atoms with Crippen molar-refractivity contribution in [1.29, 1.82) is 0 Å². The fraction of sp³-hybridized carbons (Fsp3) is 0.462. The first-order valence-corrected chi connectivity index (χ1v) is 5.73. The monoisotopic (exact) mass is 237 g/mol. The summed E-state index contributed by atoms with van der Waals surface area (Å²) in [4.78, 5) is 11.3. The van der Waals surface area contributed by atoms with Crippen molar-refractivity contribution in [2.45, 2.75) is 26.4 Å². The normalized spacial score (nSPS) is 11.9. The zero-order valence-corrected chi connectivity index (χ0v) is 10.3. The summed E-state index contributed by atoms with van der Waals surface area (Å²) in [7, 11) is 0. The molecule has 0 unspecified atom stereocenters. The molecule has 0 fully saturated rings. The maximum atomic E-state index is 11.3. The lowest BCUT2D eigenvalue weighted by molar-refractivity contribution is -0.122.